The maximum absolute atomic E-state index is 10.1. The maximum Gasteiger partial charge on any atom is 0.223 e. The molecule has 2 rings (SSSR count). The third-order valence-corrected chi connectivity index (χ3v) is 3.04. The van der Waals surface area contributed by atoms with E-state index < -0.39 is 6.10 Å². The fourth-order valence-corrected chi connectivity index (χ4v) is 2.11. The molecule has 0 saturated carbocycles. The summed E-state index contributed by atoms with van der Waals surface area (Å²) in [5.74, 6) is 0.517. The molecule has 5 heteroatoms. The lowest BCUT2D eigenvalue weighted by atomic mass is 10.1. The van der Waals surface area contributed by atoms with Crippen LogP contribution in [0.2, 0.25) is 5.02 Å². The molecule has 1 atom stereocenters. The van der Waals surface area contributed by atoms with Crippen molar-refractivity contribution in [2.45, 2.75) is 20.0 Å². The lowest BCUT2D eigenvalue weighted by Crippen LogP contribution is -2.14. The van der Waals surface area contributed by atoms with Crippen molar-refractivity contribution in [2.24, 2.45) is 0 Å². The number of hydrogen-bond acceptors (Lipinski definition) is 4. The van der Waals surface area contributed by atoms with Crippen LogP contribution in [0, 0.1) is 13.8 Å². The van der Waals surface area contributed by atoms with E-state index in [0.717, 1.165) is 11.4 Å². The van der Waals surface area contributed by atoms with Gasteiger partial charge in [0, 0.05) is 28.5 Å². The number of aliphatic hydroxyl groups excluding tert-OH is 1. The van der Waals surface area contributed by atoms with Crippen LogP contribution in [0.3, 0.4) is 0 Å². The van der Waals surface area contributed by atoms with Gasteiger partial charge in [0.05, 0.1) is 6.10 Å². The molecule has 0 spiro atoms. The van der Waals surface area contributed by atoms with Crippen LogP contribution in [0.1, 0.15) is 23.1 Å². The van der Waals surface area contributed by atoms with Crippen molar-refractivity contribution in [3.05, 3.63) is 52.3 Å². The standard InChI is InChI=1S/C14H16ClN3O/c1-9-7-10(2)18-14(17-9)16-8-13(19)11-5-3-4-6-12(11)15/h3-7,13,19H,8H2,1-2H3,(H,16,17,18). The quantitative estimate of drug-likeness (QED) is 0.902. The summed E-state index contributed by atoms with van der Waals surface area (Å²) in [6, 6.07) is 9.14. The highest BCUT2D eigenvalue weighted by atomic mass is 35.5. The smallest absolute Gasteiger partial charge is 0.223 e. The lowest BCUT2D eigenvalue weighted by molar-refractivity contribution is 0.191. The minimum atomic E-state index is -0.696. The molecule has 1 heterocycles. The molecule has 19 heavy (non-hydrogen) atoms. The first-order valence-corrected chi connectivity index (χ1v) is 6.42. The molecular weight excluding hydrogens is 262 g/mol. The van der Waals surface area contributed by atoms with Crippen molar-refractivity contribution in [3.63, 3.8) is 0 Å². The maximum atomic E-state index is 10.1. The normalized spacial score (nSPS) is 12.2. The minimum Gasteiger partial charge on any atom is -0.387 e. The number of aryl methyl sites for hydroxylation is 2. The minimum absolute atomic E-state index is 0.312. The summed E-state index contributed by atoms with van der Waals surface area (Å²) in [6.45, 7) is 4.13. The summed E-state index contributed by atoms with van der Waals surface area (Å²) in [4.78, 5) is 8.51. The highest BCUT2D eigenvalue weighted by molar-refractivity contribution is 6.31. The Morgan fingerprint density at radius 3 is 2.47 bits per heavy atom. The molecular formula is C14H16ClN3O. The monoisotopic (exact) mass is 277 g/mol. The Kier molecular flexibility index (Phi) is 4.35. The van der Waals surface area contributed by atoms with E-state index in [9.17, 15) is 5.11 Å². The van der Waals surface area contributed by atoms with Crippen molar-refractivity contribution in [2.75, 3.05) is 11.9 Å². The average molecular weight is 278 g/mol. The summed E-state index contributed by atoms with van der Waals surface area (Å²) in [5, 5.41) is 13.7. The Hall–Kier alpha value is -1.65. The zero-order valence-electron chi connectivity index (χ0n) is 10.9. The van der Waals surface area contributed by atoms with Crippen LogP contribution in [-0.2, 0) is 0 Å². The summed E-state index contributed by atoms with van der Waals surface area (Å²) >= 11 is 6.03. The van der Waals surface area contributed by atoms with Crippen molar-refractivity contribution in [1.82, 2.24) is 9.97 Å². The summed E-state index contributed by atoms with van der Waals surface area (Å²) in [7, 11) is 0. The van der Waals surface area contributed by atoms with Crippen LogP contribution in [0.5, 0.6) is 0 Å². The molecule has 1 aromatic heterocycles. The van der Waals surface area contributed by atoms with E-state index in [2.05, 4.69) is 15.3 Å². The summed E-state index contributed by atoms with van der Waals surface area (Å²) in [6.07, 6.45) is -0.696. The van der Waals surface area contributed by atoms with Gasteiger partial charge in [-0.25, -0.2) is 9.97 Å². The number of nitrogens with zero attached hydrogens (tertiary/aromatic N) is 2. The molecule has 0 aliphatic rings. The van der Waals surface area contributed by atoms with Gasteiger partial charge in [-0.15, -0.1) is 0 Å². The highest BCUT2D eigenvalue weighted by Gasteiger charge is 2.11. The topological polar surface area (TPSA) is 58.0 Å². The Morgan fingerprint density at radius 1 is 1.21 bits per heavy atom. The van der Waals surface area contributed by atoms with Crippen molar-refractivity contribution in [1.29, 1.82) is 0 Å². The first-order valence-electron chi connectivity index (χ1n) is 6.05. The molecule has 4 nitrogen and oxygen atoms in total. The molecule has 0 amide bonds. The number of benzene rings is 1. The van der Waals surface area contributed by atoms with E-state index >= 15 is 0 Å². The van der Waals surface area contributed by atoms with Gasteiger partial charge in [-0.3, -0.25) is 0 Å². The zero-order chi connectivity index (χ0) is 13.8. The number of hydrogen-bond donors (Lipinski definition) is 2. The van der Waals surface area contributed by atoms with Crippen LogP contribution in [-0.4, -0.2) is 21.6 Å². The summed E-state index contributed by atoms with van der Waals surface area (Å²) in [5.41, 5.74) is 2.48. The Bertz CT molecular complexity index is 554. The SMILES string of the molecule is Cc1cc(C)nc(NCC(O)c2ccccc2Cl)n1. The van der Waals surface area contributed by atoms with Gasteiger partial charge in [0.15, 0.2) is 0 Å². The number of nitrogens with one attached hydrogen (secondary N) is 1. The van der Waals surface area contributed by atoms with E-state index in [-0.39, 0.29) is 0 Å². The molecule has 0 bridgehead atoms. The van der Waals surface area contributed by atoms with E-state index in [1.54, 1.807) is 12.1 Å². The van der Waals surface area contributed by atoms with Crippen LogP contribution >= 0.6 is 11.6 Å². The number of anilines is 1. The molecule has 0 radical (unpaired) electrons. The van der Waals surface area contributed by atoms with Gasteiger partial charge in [0.25, 0.3) is 0 Å². The van der Waals surface area contributed by atoms with Crippen LogP contribution in [0.25, 0.3) is 0 Å². The van der Waals surface area contributed by atoms with Gasteiger partial charge >= 0.3 is 0 Å². The lowest BCUT2D eigenvalue weighted by Gasteiger charge is -2.14. The van der Waals surface area contributed by atoms with Crippen LogP contribution < -0.4 is 5.32 Å². The second kappa shape index (κ2) is 5.99. The molecule has 2 N–H and O–H groups in total. The second-order valence-corrected chi connectivity index (χ2v) is 4.80. The zero-order valence-corrected chi connectivity index (χ0v) is 11.6. The van der Waals surface area contributed by atoms with E-state index in [1.165, 1.54) is 0 Å². The molecule has 1 aromatic carbocycles. The fourth-order valence-electron chi connectivity index (χ4n) is 1.85. The Morgan fingerprint density at radius 2 is 1.84 bits per heavy atom. The first kappa shape index (κ1) is 13.8. The largest absolute Gasteiger partial charge is 0.387 e. The first-order chi connectivity index (χ1) is 9.06. The molecule has 100 valence electrons. The third-order valence-electron chi connectivity index (χ3n) is 2.70. The molecule has 0 fully saturated rings. The second-order valence-electron chi connectivity index (χ2n) is 4.39. The molecule has 0 aliphatic heterocycles. The summed E-state index contributed by atoms with van der Waals surface area (Å²) < 4.78 is 0. The van der Waals surface area contributed by atoms with Gasteiger partial charge in [-0.2, -0.15) is 0 Å². The van der Waals surface area contributed by atoms with E-state index in [0.29, 0.717) is 23.1 Å². The number of aliphatic hydroxyl groups is 1. The molecule has 0 saturated heterocycles. The number of rotatable bonds is 4. The van der Waals surface area contributed by atoms with Crippen molar-refractivity contribution < 1.29 is 5.11 Å². The van der Waals surface area contributed by atoms with E-state index in [4.69, 9.17) is 11.6 Å². The highest BCUT2D eigenvalue weighted by Crippen LogP contribution is 2.22. The fraction of sp³-hybridized carbons (Fsp3) is 0.286. The van der Waals surface area contributed by atoms with Gasteiger partial charge in [0.2, 0.25) is 5.95 Å². The van der Waals surface area contributed by atoms with Gasteiger partial charge < -0.3 is 10.4 Å². The molecule has 2 aromatic rings. The average Bonchev–Trinajstić information content (AvgIpc) is 2.35. The van der Waals surface area contributed by atoms with E-state index in [1.807, 2.05) is 32.0 Å². The van der Waals surface area contributed by atoms with Crippen molar-refractivity contribution in [3.8, 4) is 0 Å². The van der Waals surface area contributed by atoms with Gasteiger partial charge in [0.1, 0.15) is 0 Å². The van der Waals surface area contributed by atoms with Gasteiger partial charge in [-0.05, 0) is 26.0 Å². The Labute approximate surface area is 117 Å². The number of halogens is 1. The van der Waals surface area contributed by atoms with Crippen LogP contribution in [0.15, 0.2) is 30.3 Å². The number of aromatic nitrogens is 2. The third kappa shape index (κ3) is 3.66. The Balaban J connectivity index is 2.04. The predicted octanol–water partition coefficient (Wildman–Crippen LogP) is 2.89. The molecule has 0 aliphatic carbocycles. The van der Waals surface area contributed by atoms with Crippen LogP contribution in [0.4, 0.5) is 5.95 Å². The predicted molar refractivity (Wildman–Crippen MR) is 76.4 cm³/mol. The van der Waals surface area contributed by atoms with Gasteiger partial charge in [-0.1, -0.05) is 29.8 Å². The van der Waals surface area contributed by atoms with Crippen molar-refractivity contribution >= 4 is 17.5 Å². The molecule has 1 unspecified atom stereocenters.